The van der Waals surface area contributed by atoms with Gasteiger partial charge >= 0.3 is 0 Å². The Kier molecular flexibility index (Phi) is 32.7. The van der Waals surface area contributed by atoms with E-state index in [9.17, 15) is 0 Å². The SMILES string of the molecule is C.CC(C)(C)CC(C)(C)c1ccc(OCCOCC[N+](C)(C)Cc2ccccc2)cc1.CC[N+](C)(CC)CCSC1=Nc2ccccc2N=C(c2ccc(Sc3ccccc3)cc2)C1.COc1ccc(CN(CC[N+](C)(C)C)c2ncccn2)cc1.[Br-].[Cl-]. The topological polar surface area (TPSA) is 81.4 Å². The van der Waals surface area contributed by atoms with Crippen LogP contribution in [0.4, 0.5) is 17.3 Å². The Morgan fingerprint density at radius 1 is 0.591 bits per heavy atom. The van der Waals surface area contributed by atoms with Crippen LogP contribution in [0.2, 0.25) is 0 Å². The molecule has 7 aromatic rings. The number of aliphatic imine (C=N–C) groups is 2. The lowest BCUT2D eigenvalue weighted by Gasteiger charge is -2.33. The number of benzene rings is 6. The highest BCUT2D eigenvalue weighted by atomic mass is 79.9. The molecule has 0 N–H and O–H groups in total. The third-order valence-corrected chi connectivity index (χ3v) is 17.1. The van der Waals surface area contributed by atoms with Crippen LogP contribution in [0.25, 0.3) is 0 Å². The quantitative estimate of drug-likeness (QED) is 0.0392. The zero-order chi connectivity index (χ0) is 61.4. The molecule has 8 rings (SSSR count). The number of hydrogen-bond donors (Lipinski definition) is 0. The van der Waals surface area contributed by atoms with Gasteiger partial charge < -0.3 is 61.9 Å². The number of halogens is 2. The molecule has 88 heavy (non-hydrogen) atoms. The second-order valence-electron chi connectivity index (χ2n) is 25.7. The molecular formula is C73H103BrClN8O3S2+. The van der Waals surface area contributed by atoms with Gasteiger partial charge in [0.15, 0.2) is 0 Å². The molecule has 0 saturated carbocycles. The first-order valence-corrected chi connectivity index (χ1v) is 32.0. The molecule has 1 aliphatic rings. The lowest BCUT2D eigenvalue weighted by Crippen LogP contribution is -3.00. The smallest absolute Gasteiger partial charge is 0.225 e. The van der Waals surface area contributed by atoms with Crippen LogP contribution in [0.3, 0.4) is 0 Å². The van der Waals surface area contributed by atoms with Gasteiger partial charge in [0.2, 0.25) is 5.95 Å². The maximum Gasteiger partial charge on any atom is 0.225 e. The molecule has 2 heterocycles. The molecule has 0 radical (unpaired) electrons. The molecule has 11 nitrogen and oxygen atoms in total. The fraction of sp³-hybridized carbons (Fsp3) is 0.425. The van der Waals surface area contributed by atoms with Crippen molar-refractivity contribution in [3.05, 3.63) is 198 Å². The number of ether oxygens (including phenoxy) is 3. The molecule has 1 aliphatic heterocycles. The van der Waals surface area contributed by atoms with Crippen LogP contribution >= 0.6 is 23.5 Å². The average Bonchev–Trinajstić information content (AvgIpc) is 3.83. The number of hydrogen-bond acceptors (Lipinski definition) is 10. The monoisotopic (exact) mass is 1320 g/mol. The van der Waals surface area contributed by atoms with Crippen molar-refractivity contribution in [2.75, 3.05) is 119 Å². The van der Waals surface area contributed by atoms with E-state index in [4.69, 9.17) is 24.2 Å². The summed E-state index contributed by atoms with van der Waals surface area (Å²) in [5, 5.41) is 1.15. The summed E-state index contributed by atoms with van der Waals surface area (Å²) in [6.45, 7) is 26.2. The molecule has 0 saturated heterocycles. The highest BCUT2D eigenvalue weighted by Gasteiger charge is 2.27. The highest BCUT2D eigenvalue weighted by molar-refractivity contribution is 8.14. The number of para-hydroxylation sites is 2. The van der Waals surface area contributed by atoms with Gasteiger partial charge in [-0.2, -0.15) is 0 Å². The third-order valence-electron chi connectivity index (χ3n) is 15.1. The maximum absolute atomic E-state index is 5.87. The van der Waals surface area contributed by atoms with Crippen molar-refractivity contribution in [1.29, 1.82) is 0 Å². The highest BCUT2D eigenvalue weighted by Crippen LogP contribution is 2.37. The van der Waals surface area contributed by atoms with Gasteiger partial charge in [-0.3, -0.25) is 4.99 Å². The third kappa shape index (κ3) is 27.7. The number of aromatic nitrogens is 2. The molecule has 0 unspecified atom stereocenters. The number of thioether (sulfide) groups is 1. The first-order valence-electron chi connectivity index (χ1n) is 30.2. The molecule has 0 amide bonds. The minimum atomic E-state index is 0. The van der Waals surface area contributed by atoms with Gasteiger partial charge in [-0.15, -0.1) is 11.8 Å². The van der Waals surface area contributed by atoms with Crippen LogP contribution in [-0.2, 0) is 23.2 Å². The van der Waals surface area contributed by atoms with Crippen LogP contribution in [0, 0.1) is 5.41 Å². The molecule has 478 valence electrons. The number of likely N-dealkylation sites (N-methyl/N-ethyl adjacent to an activating group) is 2. The summed E-state index contributed by atoms with van der Waals surface area (Å²) in [4.78, 5) is 23.5. The molecular weight excluding hydrogens is 1220 g/mol. The second-order valence-corrected chi connectivity index (χ2v) is 28.1. The number of quaternary nitrogens is 3. The molecule has 0 aliphatic carbocycles. The van der Waals surface area contributed by atoms with E-state index in [-0.39, 0.29) is 42.2 Å². The van der Waals surface area contributed by atoms with Crippen molar-refractivity contribution in [3.63, 3.8) is 0 Å². The van der Waals surface area contributed by atoms with Crippen LogP contribution in [-0.4, -0.2) is 148 Å². The van der Waals surface area contributed by atoms with Gasteiger partial charge in [0.05, 0.1) is 117 Å². The average molecular weight is 1320 g/mol. The van der Waals surface area contributed by atoms with Crippen molar-refractivity contribution < 1.29 is 57.0 Å². The van der Waals surface area contributed by atoms with E-state index in [1.54, 1.807) is 31.3 Å². The Bertz CT molecular complexity index is 3100. The lowest BCUT2D eigenvalue weighted by atomic mass is 9.72. The number of methoxy groups -OCH3 is 1. The van der Waals surface area contributed by atoms with Gasteiger partial charge in [-0.1, -0.05) is 151 Å². The van der Waals surface area contributed by atoms with E-state index in [0.29, 0.717) is 18.6 Å². The summed E-state index contributed by atoms with van der Waals surface area (Å²) in [6.07, 6.45) is 5.49. The van der Waals surface area contributed by atoms with Crippen molar-refractivity contribution >= 4 is 51.6 Å². The zero-order valence-corrected chi connectivity index (χ0v) is 58.5. The van der Waals surface area contributed by atoms with Crippen LogP contribution in [0.15, 0.2) is 196 Å². The zero-order valence-electron chi connectivity index (χ0n) is 54.5. The summed E-state index contributed by atoms with van der Waals surface area (Å²) in [5.41, 5.74) is 8.58. The number of anilines is 1. The predicted molar refractivity (Wildman–Crippen MR) is 369 cm³/mol. The van der Waals surface area contributed by atoms with Crippen LogP contribution in [0.1, 0.15) is 91.0 Å². The normalized spacial score (nSPS) is 12.3. The standard InChI is InChI=1S/C28H32N3S2.C27H42NO2.C17H25N4O.CH4.BrH.ClH/c1-4-31(3,5-2)19-20-32-28-21-27(29-25-13-9-10-14-26(25)30-28)22-15-17-24(18-16-22)33-23-11-7-6-8-12-23;1-26(2,3)22-27(4,5)24-13-15-25(16-14-24)30-20-19-29-18-17-28(6,7)21-23-11-9-8-10-12-23;1-21(2,3)13-12-20(17-18-10-5-11-19-17)14-15-6-8-16(22-4)9-7-15;;;/h6-18H,4-5,19-21H2,1-3H3;8-16H,17-22H2,1-7H3;5-11H,12-14H2,1-4H3;1H4;2*1H/q3*+1;;;/p-2. The molecule has 0 spiro atoms. The number of nitrogens with zero attached hydrogens (tertiary/aromatic N) is 8. The molecule has 6 aromatic carbocycles. The summed E-state index contributed by atoms with van der Waals surface area (Å²) in [5.74, 6) is 3.62. The van der Waals surface area contributed by atoms with Gasteiger partial charge in [0, 0.05) is 46.5 Å². The first kappa shape index (κ1) is 76.7. The van der Waals surface area contributed by atoms with E-state index in [1.807, 2.05) is 42.1 Å². The van der Waals surface area contributed by atoms with Gasteiger partial charge in [-0.05, 0) is 115 Å². The van der Waals surface area contributed by atoms with Crippen molar-refractivity contribution in [2.45, 2.75) is 97.0 Å². The minimum Gasteiger partial charge on any atom is -1.00 e. The fourth-order valence-corrected chi connectivity index (χ4v) is 12.0. The Morgan fingerprint density at radius 2 is 1.16 bits per heavy atom. The van der Waals surface area contributed by atoms with Gasteiger partial charge in [0.1, 0.15) is 31.2 Å². The van der Waals surface area contributed by atoms with Crippen molar-refractivity contribution in [1.82, 2.24) is 9.97 Å². The number of rotatable bonds is 26. The van der Waals surface area contributed by atoms with Crippen LogP contribution < -0.4 is 43.8 Å². The van der Waals surface area contributed by atoms with Gasteiger partial charge in [-0.25, -0.2) is 15.0 Å². The molecule has 0 bridgehead atoms. The van der Waals surface area contributed by atoms with E-state index in [1.165, 1.54) is 32.0 Å². The van der Waals surface area contributed by atoms with Crippen LogP contribution in [0.5, 0.6) is 11.5 Å². The second kappa shape index (κ2) is 37.6. The van der Waals surface area contributed by atoms with Crippen molar-refractivity contribution in [3.8, 4) is 11.5 Å². The molecule has 0 fully saturated rings. The summed E-state index contributed by atoms with van der Waals surface area (Å²) < 4.78 is 19.8. The van der Waals surface area contributed by atoms with E-state index in [2.05, 4.69) is 239 Å². The Morgan fingerprint density at radius 3 is 1.74 bits per heavy atom. The van der Waals surface area contributed by atoms with Crippen molar-refractivity contribution in [2.24, 2.45) is 15.4 Å². The van der Waals surface area contributed by atoms with E-state index in [0.717, 1.165) is 131 Å². The first-order chi connectivity index (χ1) is 40.5. The Labute approximate surface area is 556 Å². The largest absolute Gasteiger partial charge is 1.00 e. The summed E-state index contributed by atoms with van der Waals surface area (Å²) in [6, 6.07) is 56.7. The summed E-state index contributed by atoms with van der Waals surface area (Å²) in [7, 11) is 15.1. The fourth-order valence-electron chi connectivity index (χ4n) is 9.96. The summed E-state index contributed by atoms with van der Waals surface area (Å²) >= 11 is 3.67. The Balaban J connectivity index is 0.000000346. The van der Waals surface area contributed by atoms with E-state index < -0.39 is 0 Å². The number of fused-ring (bicyclic) bond motifs is 1. The maximum atomic E-state index is 5.87. The molecule has 0 atom stereocenters. The van der Waals surface area contributed by atoms with Gasteiger partial charge in [0.25, 0.3) is 0 Å². The molecule has 15 heteroatoms. The minimum absolute atomic E-state index is 0. The Hall–Kier alpha value is -5.55. The lowest BCUT2D eigenvalue weighted by molar-refractivity contribution is -0.904. The van der Waals surface area contributed by atoms with E-state index >= 15 is 0 Å². The predicted octanol–water partition coefficient (Wildman–Crippen LogP) is 10.5. The molecule has 1 aromatic heterocycles.